The fourth-order valence-corrected chi connectivity index (χ4v) is 2.71. The molecule has 1 aromatic carbocycles. The number of rotatable bonds is 3. The predicted octanol–water partition coefficient (Wildman–Crippen LogP) is 4.32. The lowest BCUT2D eigenvalue weighted by molar-refractivity contribution is 0.522. The van der Waals surface area contributed by atoms with Gasteiger partial charge in [0.15, 0.2) is 0 Å². The molecule has 2 rings (SSSR count). The minimum Gasteiger partial charge on any atom is -0.310 e. The third-order valence-corrected chi connectivity index (χ3v) is 4.15. The topological polar surface area (TPSA) is 12.0 Å². The number of hydrogen-bond donors (Lipinski definition) is 1. The van der Waals surface area contributed by atoms with Gasteiger partial charge in [0.1, 0.15) is 0 Å². The molecule has 0 heterocycles. The Morgan fingerprint density at radius 3 is 2.44 bits per heavy atom. The van der Waals surface area contributed by atoms with Crippen LogP contribution in [0.2, 0.25) is 0 Å². The van der Waals surface area contributed by atoms with E-state index in [1.54, 1.807) is 0 Å². The van der Waals surface area contributed by atoms with Gasteiger partial charge in [-0.15, -0.1) is 0 Å². The number of aryl methyl sites for hydroxylation is 1. The Kier molecular flexibility index (Phi) is 4.11. The molecule has 1 aromatic rings. The molecule has 0 radical (unpaired) electrons. The van der Waals surface area contributed by atoms with E-state index >= 15 is 0 Å². The third-order valence-electron chi connectivity index (χ3n) is 4.15. The Hall–Kier alpha value is -0.820. The maximum Gasteiger partial charge on any atom is 0.0210 e. The van der Waals surface area contributed by atoms with Crippen LogP contribution in [0.1, 0.15) is 63.1 Å². The normalized spacial score (nSPS) is 17.3. The highest BCUT2D eigenvalue weighted by atomic mass is 14.9. The van der Waals surface area contributed by atoms with Crippen molar-refractivity contribution in [3.63, 3.8) is 0 Å². The predicted molar refractivity (Wildman–Crippen MR) is 79.0 cm³/mol. The van der Waals surface area contributed by atoms with Crippen molar-refractivity contribution in [2.75, 3.05) is 0 Å². The van der Waals surface area contributed by atoms with Gasteiger partial charge in [-0.25, -0.2) is 0 Å². The van der Waals surface area contributed by atoms with E-state index in [-0.39, 0.29) is 5.41 Å². The Balaban J connectivity index is 2.06. The molecule has 1 aliphatic carbocycles. The SMILES string of the molecule is Cc1ccc(C(C)(C)C)cc1CNC1CCCC1. The van der Waals surface area contributed by atoms with E-state index in [0.717, 1.165) is 12.6 Å². The average Bonchev–Trinajstić information content (AvgIpc) is 2.79. The van der Waals surface area contributed by atoms with Crippen LogP contribution in [-0.4, -0.2) is 6.04 Å². The molecule has 0 saturated heterocycles. The van der Waals surface area contributed by atoms with E-state index in [9.17, 15) is 0 Å². The second-order valence-corrected chi connectivity index (χ2v) is 6.75. The van der Waals surface area contributed by atoms with Gasteiger partial charge in [0.25, 0.3) is 0 Å². The molecule has 0 aromatic heterocycles. The van der Waals surface area contributed by atoms with Gasteiger partial charge in [-0.05, 0) is 41.9 Å². The molecule has 1 aliphatic rings. The van der Waals surface area contributed by atoms with Crippen LogP contribution in [0.5, 0.6) is 0 Å². The van der Waals surface area contributed by atoms with Gasteiger partial charge in [0.05, 0.1) is 0 Å². The minimum absolute atomic E-state index is 0.246. The highest BCUT2D eigenvalue weighted by Gasteiger charge is 2.16. The summed E-state index contributed by atoms with van der Waals surface area (Å²) >= 11 is 0. The van der Waals surface area contributed by atoms with Crippen molar-refractivity contribution in [2.45, 2.75) is 71.4 Å². The van der Waals surface area contributed by atoms with E-state index in [2.05, 4.69) is 51.2 Å². The summed E-state index contributed by atoms with van der Waals surface area (Å²) in [5.41, 5.74) is 4.56. The van der Waals surface area contributed by atoms with Crippen LogP contribution < -0.4 is 5.32 Å². The summed E-state index contributed by atoms with van der Waals surface area (Å²) in [6, 6.07) is 7.68. The molecule has 0 aliphatic heterocycles. The van der Waals surface area contributed by atoms with Gasteiger partial charge in [-0.1, -0.05) is 51.8 Å². The molecule has 1 heteroatoms. The van der Waals surface area contributed by atoms with E-state index in [1.807, 2.05) is 0 Å². The quantitative estimate of drug-likeness (QED) is 0.836. The largest absolute Gasteiger partial charge is 0.310 e. The van der Waals surface area contributed by atoms with Crippen LogP contribution >= 0.6 is 0 Å². The number of benzene rings is 1. The van der Waals surface area contributed by atoms with E-state index in [0.29, 0.717) is 0 Å². The first-order valence-corrected chi connectivity index (χ1v) is 7.30. The van der Waals surface area contributed by atoms with Crippen LogP contribution in [0.3, 0.4) is 0 Å². The first-order chi connectivity index (χ1) is 8.47. The summed E-state index contributed by atoms with van der Waals surface area (Å²) < 4.78 is 0. The Labute approximate surface area is 112 Å². The van der Waals surface area contributed by atoms with Crippen molar-refractivity contribution < 1.29 is 0 Å². The molecule has 1 nitrogen and oxygen atoms in total. The van der Waals surface area contributed by atoms with E-state index < -0.39 is 0 Å². The van der Waals surface area contributed by atoms with Crippen molar-refractivity contribution in [3.05, 3.63) is 34.9 Å². The van der Waals surface area contributed by atoms with E-state index in [4.69, 9.17) is 0 Å². The lowest BCUT2D eigenvalue weighted by Gasteiger charge is -2.21. The fraction of sp³-hybridized carbons (Fsp3) is 0.647. The Bertz CT molecular complexity index is 395. The van der Waals surface area contributed by atoms with Crippen molar-refractivity contribution >= 4 is 0 Å². The van der Waals surface area contributed by atoms with Crippen LogP contribution in [0.4, 0.5) is 0 Å². The van der Waals surface area contributed by atoms with Gasteiger partial charge in [0, 0.05) is 12.6 Å². The molecule has 0 spiro atoms. The standard InChI is InChI=1S/C17H27N/c1-13-9-10-15(17(2,3)4)11-14(13)12-18-16-7-5-6-8-16/h9-11,16,18H,5-8,12H2,1-4H3. The molecule has 0 bridgehead atoms. The number of hydrogen-bond acceptors (Lipinski definition) is 1. The lowest BCUT2D eigenvalue weighted by atomic mass is 9.85. The monoisotopic (exact) mass is 245 g/mol. The van der Waals surface area contributed by atoms with Crippen molar-refractivity contribution in [3.8, 4) is 0 Å². The van der Waals surface area contributed by atoms with E-state index in [1.165, 1.54) is 42.4 Å². The summed E-state index contributed by atoms with van der Waals surface area (Å²) in [7, 11) is 0. The third kappa shape index (κ3) is 3.35. The van der Waals surface area contributed by atoms with Crippen molar-refractivity contribution in [1.82, 2.24) is 5.32 Å². The van der Waals surface area contributed by atoms with Crippen LogP contribution in [0.25, 0.3) is 0 Å². The first-order valence-electron chi connectivity index (χ1n) is 7.30. The summed E-state index contributed by atoms with van der Waals surface area (Å²) in [6.45, 7) is 10.1. The highest BCUT2D eigenvalue weighted by molar-refractivity contribution is 5.34. The van der Waals surface area contributed by atoms with Gasteiger partial charge in [0.2, 0.25) is 0 Å². The maximum atomic E-state index is 3.72. The van der Waals surface area contributed by atoms with Gasteiger partial charge < -0.3 is 5.32 Å². The van der Waals surface area contributed by atoms with Crippen molar-refractivity contribution in [1.29, 1.82) is 0 Å². The highest BCUT2D eigenvalue weighted by Crippen LogP contribution is 2.25. The van der Waals surface area contributed by atoms with Gasteiger partial charge in [-0.2, -0.15) is 0 Å². The smallest absolute Gasteiger partial charge is 0.0210 e. The summed E-state index contributed by atoms with van der Waals surface area (Å²) in [6.07, 6.45) is 5.52. The van der Waals surface area contributed by atoms with Crippen LogP contribution in [-0.2, 0) is 12.0 Å². The molecule has 1 N–H and O–H groups in total. The maximum absolute atomic E-state index is 3.72. The van der Waals surface area contributed by atoms with Crippen LogP contribution in [0, 0.1) is 6.92 Å². The van der Waals surface area contributed by atoms with Gasteiger partial charge in [-0.3, -0.25) is 0 Å². The molecular weight excluding hydrogens is 218 g/mol. The van der Waals surface area contributed by atoms with Crippen molar-refractivity contribution in [2.24, 2.45) is 0 Å². The Morgan fingerprint density at radius 1 is 1.17 bits per heavy atom. The molecule has 0 unspecified atom stereocenters. The molecule has 0 amide bonds. The zero-order chi connectivity index (χ0) is 13.2. The number of nitrogens with one attached hydrogen (secondary N) is 1. The fourth-order valence-electron chi connectivity index (χ4n) is 2.71. The molecular formula is C17H27N. The second-order valence-electron chi connectivity index (χ2n) is 6.75. The molecule has 1 fully saturated rings. The molecule has 0 atom stereocenters. The zero-order valence-corrected chi connectivity index (χ0v) is 12.3. The summed E-state index contributed by atoms with van der Waals surface area (Å²) in [5, 5.41) is 3.72. The molecule has 18 heavy (non-hydrogen) atoms. The molecule has 1 saturated carbocycles. The lowest BCUT2D eigenvalue weighted by Crippen LogP contribution is -2.26. The van der Waals surface area contributed by atoms with Crippen LogP contribution in [0.15, 0.2) is 18.2 Å². The molecule has 100 valence electrons. The Morgan fingerprint density at radius 2 is 1.83 bits per heavy atom. The first kappa shape index (κ1) is 13.6. The minimum atomic E-state index is 0.246. The summed E-state index contributed by atoms with van der Waals surface area (Å²) in [4.78, 5) is 0. The summed E-state index contributed by atoms with van der Waals surface area (Å²) in [5.74, 6) is 0. The average molecular weight is 245 g/mol. The second kappa shape index (κ2) is 5.44. The van der Waals surface area contributed by atoms with Gasteiger partial charge >= 0.3 is 0 Å². The zero-order valence-electron chi connectivity index (χ0n) is 12.3.